The largest absolute Gasteiger partial charge is 0.394 e. The van der Waals surface area contributed by atoms with E-state index in [2.05, 4.69) is 46.0 Å². The highest BCUT2D eigenvalue weighted by molar-refractivity contribution is 5.45. The monoisotopic (exact) mass is 235 g/mol. The zero-order valence-corrected chi connectivity index (χ0v) is 11.7. The number of aliphatic hydroxyl groups is 1. The minimum absolute atomic E-state index is 0.0635. The van der Waals surface area contributed by atoms with Gasteiger partial charge < -0.3 is 10.4 Å². The molecule has 0 amide bonds. The third-order valence-electron chi connectivity index (χ3n) is 3.60. The van der Waals surface area contributed by atoms with Crippen molar-refractivity contribution >= 4 is 0 Å². The summed E-state index contributed by atoms with van der Waals surface area (Å²) in [5.74, 6) is 0. The lowest BCUT2D eigenvalue weighted by Crippen LogP contribution is -2.27. The molecule has 0 aliphatic heterocycles. The van der Waals surface area contributed by atoms with E-state index in [4.69, 9.17) is 0 Å². The Kier molecular flexibility index (Phi) is 5.16. The first-order valence-corrected chi connectivity index (χ1v) is 6.44. The highest BCUT2D eigenvalue weighted by atomic mass is 16.3. The van der Waals surface area contributed by atoms with Crippen molar-refractivity contribution in [1.82, 2.24) is 5.32 Å². The average Bonchev–Trinajstić information content (AvgIpc) is 2.31. The maximum atomic E-state index is 9.57. The number of aryl methyl sites for hydroxylation is 2. The Hall–Kier alpha value is -0.860. The SMILES string of the molecule is CCCNC(CO)c1c(C)c(C)cc(C)c1C. The molecule has 1 rings (SSSR count). The van der Waals surface area contributed by atoms with Gasteiger partial charge in [0.2, 0.25) is 0 Å². The fourth-order valence-corrected chi connectivity index (χ4v) is 2.35. The topological polar surface area (TPSA) is 32.3 Å². The van der Waals surface area contributed by atoms with Gasteiger partial charge in [0, 0.05) is 0 Å². The van der Waals surface area contributed by atoms with Crippen molar-refractivity contribution in [1.29, 1.82) is 0 Å². The number of rotatable bonds is 5. The molecule has 0 spiro atoms. The van der Waals surface area contributed by atoms with Gasteiger partial charge in [-0.1, -0.05) is 13.0 Å². The fourth-order valence-electron chi connectivity index (χ4n) is 2.35. The molecule has 0 fully saturated rings. The summed E-state index contributed by atoms with van der Waals surface area (Å²) in [5, 5.41) is 13.0. The van der Waals surface area contributed by atoms with Crippen molar-refractivity contribution in [3.8, 4) is 0 Å². The standard InChI is InChI=1S/C15H25NO/c1-6-7-16-14(9-17)15-12(4)10(2)8-11(3)13(15)5/h8,14,16-17H,6-7,9H2,1-5H3. The third-order valence-corrected chi connectivity index (χ3v) is 3.60. The third kappa shape index (κ3) is 3.08. The Morgan fingerprint density at radius 1 is 1.12 bits per heavy atom. The maximum absolute atomic E-state index is 9.57. The first kappa shape index (κ1) is 14.2. The van der Waals surface area contributed by atoms with Gasteiger partial charge in [-0.05, 0) is 68.5 Å². The lowest BCUT2D eigenvalue weighted by Gasteiger charge is -2.23. The Morgan fingerprint density at radius 2 is 1.65 bits per heavy atom. The lowest BCUT2D eigenvalue weighted by molar-refractivity contribution is 0.244. The summed E-state index contributed by atoms with van der Waals surface area (Å²) in [6.45, 7) is 11.8. The second-order valence-corrected chi connectivity index (χ2v) is 4.86. The highest BCUT2D eigenvalue weighted by Gasteiger charge is 2.17. The summed E-state index contributed by atoms with van der Waals surface area (Å²) in [5.41, 5.74) is 6.49. The normalized spacial score (nSPS) is 12.8. The van der Waals surface area contributed by atoms with Crippen LogP contribution in [0.5, 0.6) is 0 Å². The van der Waals surface area contributed by atoms with Crippen LogP contribution in [0.3, 0.4) is 0 Å². The maximum Gasteiger partial charge on any atom is 0.0626 e. The van der Waals surface area contributed by atoms with E-state index in [1.807, 2.05) is 0 Å². The summed E-state index contributed by atoms with van der Waals surface area (Å²) in [4.78, 5) is 0. The molecule has 2 heteroatoms. The van der Waals surface area contributed by atoms with Crippen molar-refractivity contribution in [3.63, 3.8) is 0 Å². The predicted octanol–water partition coefficient (Wildman–Crippen LogP) is 2.95. The Labute approximate surface area is 105 Å². The van der Waals surface area contributed by atoms with Crippen LogP contribution >= 0.6 is 0 Å². The summed E-state index contributed by atoms with van der Waals surface area (Å²) >= 11 is 0. The molecule has 1 atom stereocenters. The highest BCUT2D eigenvalue weighted by Crippen LogP contribution is 2.27. The number of hydrogen-bond donors (Lipinski definition) is 2. The van der Waals surface area contributed by atoms with E-state index in [1.165, 1.54) is 27.8 Å². The first-order chi connectivity index (χ1) is 8.02. The first-order valence-electron chi connectivity index (χ1n) is 6.44. The van der Waals surface area contributed by atoms with Crippen molar-refractivity contribution in [2.75, 3.05) is 13.2 Å². The van der Waals surface area contributed by atoms with E-state index in [1.54, 1.807) is 0 Å². The minimum atomic E-state index is 0.0635. The molecule has 0 bridgehead atoms. The van der Waals surface area contributed by atoms with Gasteiger partial charge in [-0.15, -0.1) is 0 Å². The summed E-state index contributed by atoms with van der Waals surface area (Å²) in [6.07, 6.45) is 1.08. The van der Waals surface area contributed by atoms with E-state index in [-0.39, 0.29) is 12.6 Å². The summed E-state index contributed by atoms with van der Waals surface area (Å²) in [6, 6.07) is 2.29. The molecule has 0 aliphatic carbocycles. The zero-order valence-electron chi connectivity index (χ0n) is 11.7. The predicted molar refractivity (Wildman–Crippen MR) is 73.5 cm³/mol. The lowest BCUT2D eigenvalue weighted by atomic mass is 9.90. The number of benzene rings is 1. The molecule has 1 unspecified atom stereocenters. The van der Waals surface area contributed by atoms with Gasteiger partial charge >= 0.3 is 0 Å². The number of aliphatic hydroxyl groups excluding tert-OH is 1. The molecule has 2 N–H and O–H groups in total. The molecule has 0 heterocycles. The average molecular weight is 235 g/mol. The molecule has 1 aromatic carbocycles. The minimum Gasteiger partial charge on any atom is -0.394 e. The smallest absolute Gasteiger partial charge is 0.0626 e. The fraction of sp³-hybridized carbons (Fsp3) is 0.600. The zero-order chi connectivity index (χ0) is 13.0. The Bertz CT molecular complexity index is 359. The Balaban J connectivity index is 3.17. The number of hydrogen-bond acceptors (Lipinski definition) is 2. The summed E-state index contributed by atoms with van der Waals surface area (Å²) in [7, 11) is 0. The quantitative estimate of drug-likeness (QED) is 0.822. The van der Waals surface area contributed by atoms with Crippen LogP contribution in [0.15, 0.2) is 6.07 Å². The van der Waals surface area contributed by atoms with Crippen LogP contribution in [-0.2, 0) is 0 Å². The van der Waals surface area contributed by atoms with Crippen molar-refractivity contribution in [2.45, 2.75) is 47.1 Å². The Morgan fingerprint density at radius 3 is 2.06 bits per heavy atom. The van der Waals surface area contributed by atoms with Crippen molar-refractivity contribution < 1.29 is 5.11 Å². The molecule has 17 heavy (non-hydrogen) atoms. The van der Waals surface area contributed by atoms with Crippen molar-refractivity contribution in [3.05, 3.63) is 33.9 Å². The van der Waals surface area contributed by atoms with Crippen LogP contribution in [0, 0.1) is 27.7 Å². The second-order valence-electron chi connectivity index (χ2n) is 4.86. The molecular weight excluding hydrogens is 210 g/mol. The van der Waals surface area contributed by atoms with Gasteiger partial charge in [0.1, 0.15) is 0 Å². The van der Waals surface area contributed by atoms with E-state index in [0.29, 0.717) is 0 Å². The molecule has 2 nitrogen and oxygen atoms in total. The van der Waals surface area contributed by atoms with Crippen LogP contribution in [0.4, 0.5) is 0 Å². The van der Waals surface area contributed by atoms with E-state index in [0.717, 1.165) is 13.0 Å². The van der Waals surface area contributed by atoms with Gasteiger partial charge in [-0.25, -0.2) is 0 Å². The van der Waals surface area contributed by atoms with Crippen molar-refractivity contribution in [2.24, 2.45) is 0 Å². The van der Waals surface area contributed by atoms with Gasteiger partial charge in [-0.3, -0.25) is 0 Å². The van der Waals surface area contributed by atoms with Crippen LogP contribution in [0.1, 0.15) is 47.2 Å². The number of nitrogens with one attached hydrogen (secondary N) is 1. The second kappa shape index (κ2) is 6.18. The molecular formula is C15H25NO. The van der Waals surface area contributed by atoms with Crippen LogP contribution in [0.2, 0.25) is 0 Å². The molecule has 96 valence electrons. The molecule has 0 saturated heterocycles. The van der Waals surface area contributed by atoms with Crippen LogP contribution in [-0.4, -0.2) is 18.3 Å². The van der Waals surface area contributed by atoms with Crippen LogP contribution < -0.4 is 5.32 Å². The van der Waals surface area contributed by atoms with Gasteiger partial charge in [0.25, 0.3) is 0 Å². The molecule has 0 aliphatic rings. The van der Waals surface area contributed by atoms with E-state index in [9.17, 15) is 5.11 Å². The molecule has 0 radical (unpaired) electrons. The van der Waals surface area contributed by atoms with E-state index < -0.39 is 0 Å². The van der Waals surface area contributed by atoms with E-state index >= 15 is 0 Å². The van der Waals surface area contributed by atoms with Crippen LogP contribution in [0.25, 0.3) is 0 Å². The molecule has 0 aromatic heterocycles. The molecule has 1 aromatic rings. The molecule has 0 saturated carbocycles. The van der Waals surface area contributed by atoms with Gasteiger partial charge in [-0.2, -0.15) is 0 Å². The van der Waals surface area contributed by atoms with Gasteiger partial charge in [0.15, 0.2) is 0 Å². The summed E-state index contributed by atoms with van der Waals surface area (Å²) < 4.78 is 0. The van der Waals surface area contributed by atoms with Gasteiger partial charge in [0.05, 0.1) is 12.6 Å².